The van der Waals surface area contributed by atoms with E-state index in [1.807, 2.05) is 36.4 Å². The summed E-state index contributed by atoms with van der Waals surface area (Å²) in [5.41, 5.74) is 3.68. The summed E-state index contributed by atoms with van der Waals surface area (Å²) >= 11 is 7.81. The van der Waals surface area contributed by atoms with Gasteiger partial charge in [0.2, 0.25) is 0 Å². The summed E-state index contributed by atoms with van der Waals surface area (Å²) in [6.45, 7) is 5.21. The second kappa shape index (κ2) is 11.4. The van der Waals surface area contributed by atoms with E-state index in [1.54, 1.807) is 11.9 Å². The number of hydrogen-bond acceptors (Lipinski definition) is 5. The molecule has 0 atom stereocenters. The minimum Gasteiger partial charge on any atom is -0.457 e. The molecule has 35 heavy (non-hydrogen) atoms. The minimum absolute atomic E-state index is 0.780. The molecule has 0 amide bonds. The van der Waals surface area contributed by atoms with E-state index in [4.69, 9.17) is 16.3 Å². The zero-order chi connectivity index (χ0) is 24.0. The van der Waals surface area contributed by atoms with Crippen molar-refractivity contribution in [3.8, 4) is 11.5 Å². The number of hydrogen-bond donors (Lipinski definition) is 2. The van der Waals surface area contributed by atoms with E-state index >= 15 is 0 Å². The molecule has 0 spiro atoms. The maximum atomic E-state index is 6.16. The molecule has 1 aromatic heterocycles. The van der Waals surface area contributed by atoms with Gasteiger partial charge in [0, 0.05) is 71.5 Å². The largest absolute Gasteiger partial charge is 0.457 e. The molecule has 1 fully saturated rings. The number of rotatable bonds is 9. The number of H-pyrrole nitrogens is 1. The SMILES string of the molecule is CN1CCN(c2cccc(Oc3ccc(SNCCCc4c[nH]c5ccc(Cl)cc45)cc3)c2)CC1. The number of likely N-dealkylation sites (N-methyl/N-ethyl adjacent to an activating group) is 1. The summed E-state index contributed by atoms with van der Waals surface area (Å²) < 4.78 is 9.61. The van der Waals surface area contributed by atoms with Crippen molar-refractivity contribution in [1.29, 1.82) is 0 Å². The van der Waals surface area contributed by atoms with E-state index in [9.17, 15) is 0 Å². The van der Waals surface area contributed by atoms with Crippen LogP contribution >= 0.6 is 23.5 Å². The molecule has 2 heterocycles. The monoisotopic (exact) mass is 506 g/mol. The maximum Gasteiger partial charge on any atom is 0.129 e. The molecule has 0 radical (unpaired) electrons. The van der Waals surface area contributed by atoms with Crippen LogP contribution in [0.15, 0.2) is 77.8 Å². The van der Waals surface area contributed by atoms with Crippen molar-refractivity contribution in [2.75, 3.05) is 44.7 Å². The van der Waals surface area contributed by atoms with E-state index in [0.717, 1.165) is 67.6 Å². The molecule has 5 nitrogen and oxygen atoms in total. The molecular formula is C28H31ClN4OS. The van der Waals surface area contributed by atoms with Crippen LogP contribution in [0.3, 0.4) is 0 Å². The lowest BCUT2D eigenvalue weighted by atomic mass is 10.1. The Morgan fingerprint density at radius 2 is 1.80 bits per heavy atom. The second-order valence-corrected chi connectivity index (χ2v) is 10.4. The summed E-state index contributed by atoms with van der Waals surface area (Å²) in [7, 11) is 2.18. The predicted molar refractivity (Wildman–Crippen MR) is 148 cm³/mol. The molecule has 0 saturated carbocycles. The van der Waals surface area contributed by atoms with E-state index in [2.05, 4.69) is 63.1 Å². The minimum atomic E-state index is 0.780. The molecule has 0 bridgehead atoms. The van der Waals surface area contributed by atoms with Crippen LogP contribution in [0.5, 0.6) is 11.5 Å². The Bertz CT molecular complexity index is 1250. The van der Waals surface area contributed by atoms with Gasteiger partial charge in [0.25, 0.3) is 0 Å². The lowest BCUT2D eigenvalue weighted by Crippen LogP contribution is -2.44. The first kappa shape index (κ1) is 24.1. The smallest absolute Gasteiger partial charge is 0.129 e. The number of aromatic amines is 1. The highest BCUT2D eigenvalue weighted by Gasteiger charge is 2.14. The molecule has 1 aliphatic heterocycles. The summed E-state index contributed by atoms with van der Waals surface area (Å²) in [6.07, 6.45) is 4.15. The molecule has 0 unspecified atom stereocenters. The van der Waals surface area contributed by atoms with Gasteiger partial charge in [0.1, 0.15) is 11.5 Å². The van der Waals surface area contributed by atoms with E-state index in [-0.39, 0.29) is 0 Å². The van der Waals surface area contributed by atoms with Gasteiger partial charge in [-0.3, -0.25) is 4.72 Å². The Morgan fingerprint density at radius 3 is 2.63 bits per heavy atom. The summed E-state index contributed by atoms with van der Waals surface area (Å²) in [6, 6.07) is 22.6. The lowest BCUT2D eigenvalue weighted by molar-refractivity contribution is 0.313. The zero-order valence-electron chi connectivity index (χ0n) is 20.0. The van der Waals surface area contributed by atoms with Crippen molar-refractivity contribution in [3.63, 3.8) is 0 Å². The van der Waals surface area contributed by atoms with Gasteiger partial charge < -0.3 is 19.5 Å². The normalized spacial score (nSPS) is 14.5. The van der Waals surface area contributed by atoms with Gasteiger partial charge in [-0.05, 0) is 92.0 Å². The molecule has 7 heteroatoms. The lowest BCUT2D eigenvalue weighted by Gasteiger charge is -2.34. The fourth-order valence-corrected chi connectivity index (χ4v) is 5.22. The first-order valence-electron chi connectivity index (χ1n) is 12.1. The van der Waals surface area contributed by atoms with E-state index in [1.165, 1.54) is 21.5 Å². The van der Waals surface area contributed by atoms with Crippen molar-refractivity contribution in [2.45, 2.75) is 17.7 Å². The third-order valence-electron chi connectivity index (χ3n) is 6.39. The van der Waals surface area contributed by atoms with Gasteiger partial charge in [-0.25, -0.2) is 0 Å². The third kappa shape index (κ3) is 6.33. The highest BCUT2D eigenvalue weighted by molar-refractivity contribution is 7.97. The van der Waals surface area contributed by atoms with Crippen molar-refractivity contribution < 1.29 is 4.74 Å². The van der Waals surface area contributed by atoms with Crippen LogP contribution in [-0.4, -0.2) is 49.7 Å². The quantitative estimate of drug-likeness (QED) is 0.198. The fourth-order valence-electron chi connectivity index (χ4n) is 4.36. The summed E-state index contributed by atoms with van der Waals surface area (Å²) in [4.78, 5) is 9.28. The molecule has 5 rings (SSSR count). The molecule has 0 aliphatic carbocycles. The Labute approximate surface area is 216 Å². The van der Waals surface area contributed by atoms with Crippen LogP contribution < -0.4 is 14.4 Å². The molecule has 3 aromatic carbocycles. The third-order valence-corrected chi connectivity index (χ3v) is 7.48. The van der Waals surface area contributed by atoms with Crippen LogP contribution in [0.1, 0.15) is 12.0 Å². The average molecular weight is 507 g/mol. The first-order valence-corrected chi connectivity index (χ1v) is 13.3. The molecule has 1 aliphatic rings. The number of ether oxygens (including phenoxy) is 1. The average Bonchev–Trinajstić information content (AvgIpc) is 3.27. The Balaban J connectivity index is 1.08. The molecule has 2 N–H and O–H groups in total. The van der Waals surface area contributed by atoms with E-state index in [0.29, 0.717) is 0 Å². The van der Waals surface area contributed by atoms with Crippen LogP contribution in [0.2, 0.25) is 5.02 Å². The van der Waals surface area contributed by atoms with Gasteiger partial charge in [0.15, 0.2) is 0 Å². The van der Waals surface area contributed by atoms with E-state index < -0.39 is 0 Å². The van der Waals surface area contributed by atoms with Gasteiger partial charge in [0.05, 0.1) is 0 Å². The van der Waals surface area contributed by atoms with Crippen LogP contribution in [0, 0.1) is 0 Å². The number of benzene rings is 3. The topological polar surface area (TPSA) is 43.5 Å². The van der Waals surface area contributed by atoms with Crippen LogP contribution in [0.25, 0.3) is 10.9 Å². The number of fused-ring (bicyclic) bond motifs is 1. The summed E-state index contributed by atoms with van der Waals surface area (Å²) in [5.74, 6) is 1.72. The Kier molecular flexibility index (Phi) is 7.84. The molecule has 4 aromatic rings. The van der Waals surface area contributed by atoms with Crippen molar-refractivity contribution >= 4 is 40.1 Å². The number of aromatic nitrogens is 1. The maximum absolute atomic E-state index is 6.16. The van der Waals surface area contributed by atoms with Gasteiger partial charge in [-0.15, -0.1) is 0 Å². The fraction of sp³-hybridized carbons (Fsp3) is 0.286. The predicted octanol–water partition coefficient (Wildman–Crippen LogP) is 6.59. The first-order chi connectivity index (χ1) is 17.1. The highest BCUT2D eigenvalue weighted by atomic mass is 35.5. The highest BCUT2D eigenvalue weighted by Crippen LogP contribution is 2.28. The molecule has 182 valence electrons. The number of piperazine rings is 1. The number of nitrogens with one attached hydrogen (secondary N) is 2. The Morgan fingerprint density at radius 1 is 0.971 bits per heavy atom. The van der Waals surface area contributed by atoms with Crippen LogP contribution in [0.4, 0.5) is 5.69 Å². The van der Waals surface area contributed by atoms with Gasteiger partial charge in [-0.1, -0.05) is 17.7 Å². The number of halogens is 1. The van der Waals surface area contributed by atoms with Crippen molar-refractivity contribution in [1.82, 2.24) is 14.6 Å². The van der Waals surface area contributed by atoms with Crippen LogP contribution in [-0.2, 0) is 6.42 Å². The standard InChI is InChI=1S/C28H31ClN4OS/c1-32-14-16-33(17-15-32)23-5-2-6-25(19-23)34-24-8-10-26(11-9-24)35-31-13-3-4-21-20-30-28-12-7-22(29)18-27(21)28/h2,5-12,18-20,30-31H,3-4,13-17H2,1H3. The van der Waals surface area contributed by atoms with Crippen molar-refractivity contribution in [3.05, 3.63) is 83.5 Å². The molecule has 1 saturated heterocycles. The second-order valence-electron chi connectivity index (χ2n) is 8.96. The zero-order valence-corrected chi connectivity index (χ0v) is 21.5. The number of aryl methyl sites for hydroxylation is 1. The number of anilines is 1. The van der Waals surface area contributed by atoms with Gasteiger partial charge in [-0.2, -0.15) is 0 Å². The van der Waals surface area contributed by atoms with Gasteiger partial charge >= 0.3 is 0 Å². The summed E-state index contributed by atoms with van der Waals surface area (Å²) in [5, 5.41) is 2.00. The number of nitrogens with zero attached hydrogens (tertiary/aromatic N) is 2. The Hall–Kier alpha value is -2.64. The van der Waals surface area contributed by atoms with Crippen molar-refractivity contribution in [2.24, 2.45) is 0 Å². The molecular weight excluding hydrogens is 476 g/mol.